The van der Waals surface area contributed by atoms with Crippen LogP contribution in [-0.4, -0.2) is 23.5 Å². The molecule has 0 atom stereocenters. The summed E-state index contributed by atoms with van der Waals surface area (Å²) in [5, 5.41) is 0. The van der Waals surface area contributed by atoms with E-state index in [4.69, 9.17) is 0 Å². The van der Waals surface area contributed by atoms with Crippen LogP contribution in [0.4, 0.5) is 0 Å². The van der Waals surface area contributed by atoms with Gasteiger partial charge in [0, 0.05) is 32.3 Å². The molecule has 0 unspecified atom stereocenters. The van der Waals surface area contributed by atoms with Gasteiger partial charge in [0.2, 0.25) is 0 Å². The number of allylic oxidation sites excluding steroid dienone is 4. The van der Waals surface area contributed by atoms with Crippen molar-refractivity contribution in [2.24, 2.45) is 0 Å². The summed E-state index contributed by atoms with van der Waals surface area (Å²) in [6, 6.07) is 0. The fourth-order valence-electron chi connectivity index (χ4n) is 1.80. The molecule has 0 N–H and O–H groups in total. The quantitative estimate of drug-likeness (QED) is 0.443. The van der Waals surface area contributed by atoms with Crippen molar-refractivity contribution in [1.82, 2.24) is 4.90 Å². The Kier molecular flexibility index (Phi) is 2.54. The number of hydrogen-bond acceptors (Lipinski definition) is 3. The summed E-state index contributed by atoms with van der Waals surface area (Å²) in [7, 11) is 1.90. The summed E-state index contributed by atoms with van der Waals surface area (Å²) < 4.78 is 0. The maximum absolute atomic E-state index is 11.6. The van der Waals surface area contributed by atoms with E-state index >= 15 is 0 Å². The molecule has 1 aliphatic heterocycles. The van der Waals surface area contributed by atoms with Gasteiger partial charge in [0.1, 0.15) is 0 Å². The summed E-state index contributed by atoms with van der Waals surface area (Å²) in [6.07, 6.45) is 9.02. The van der Waals surface area contributed by atoms with Crippen molar-refractivity contribution in [3.63, 3.8) is 0 Å². The maximum Gasteiger partial charge on any atom is 0.167 e. The lowest BCUT2D eigenvalue weighted by Gasteiger charge is -2.17. The Hall–Kier alpha value is -1.64. The van der Waals surface area contributed by atoms with Gasteiger partial charge in [-0.25, -0.2) is 0 Å². The Morgan fingerprint density at radius 1 is 1.07 bits per heavy atom. The number of rotatable bonds is 0. The van der Waals surface area contributed by atoms with Crippen LogP contribution in [0.1, 0.15) is 19.3 Å². The molecule has 78 valence electrons. The number of hydrogen-bond donors (Lipinski definition) is 0. The summed E-state index contributed by atoms with van der Waals surface area (Å²) in [5.74, 6) is -0.0276. The number of carbonyl (C=O) groups excluding carboxylic acids is 2. The molecule has 0 spiro atoms. The van der Waals surface area contributed by atoms with E-state index in [-0.39, 0.29) is 11.6 Å². The normalized spacial score (nSPS) is 21.5. The second-order valence-electron chi connectivity index (χ2n) is 3.83. The highest BCUT2D eigenvalue weighted by atomic mass is 16.1. The molecular weight excluding hydrogens is 190 g/mol. The first-order valence-corrected chi connectivity index (χ1v) is 5.07. The van der Waals surface area contributed by atoms with Crippen LogP contribution in [0.15, 0.2) is 35.7 Å². The summed E-state index contributed by atoms with van der Waals surface area (Å²) in [5.41, 5.74) is 1.14. The Labute approximate surface area is 88.8 Å². The minimum Gasteiger partial charge on any atom is -0.357 e. The lowest BCUT2D eigenvalue weighted by Crippen LogP contribution is -2.21. The average molecular weight is 203 g/mol. The van der Waals surface area contributed by atoms with Crippen LogP contribution in [0, 0.1) is 0 Å². The third-order valence-corrected chi connectivity index (χ3v) is 2.63. The number of ketones is 2. The monoisotopic (exact) mass is 203 g/mol. The molecule has 15 heavy (non-hydrogen) atoms. The first-order valence-electron chi connectivity index (χ1n) is 5.07. The smallest absolute Gasteiger partial charge is 0.167 e. The molecule has 0 bridgehead atoms. The van der Waals surface area contributed by atoms with Crippen LogP contribution in [0.25, 0.3) is 0 Å². The van der Waals surface area contributed by atoms with Gasteiger partial charge in [0.15, 0.2) is 11.6 Å². The second kappa shape index (κ2) is 3.85. The molecule has 1 fully saturated rings. The average Bonchev–Trinajstić information content (AvgIpc) is 2.20. The molecule has 3 heteroatoms. The van der Waals surface area contributed by atoms with Crippen molar-refractivity contribution in [3.05, 3.63) is 35.7 Å². The Morgan fingerprint density at radius 3 is 2.13 bits per heavy atom. The van der Waals surface area contributed by atoms with Crippen LogP contribution in [0.3, 0.4) is 0 Å². The van der Waals surface area contributed by atoms with Crippen molar-refractivity contribution < 1.29 is 9.59 Å². The van der Waals surface area contributed by atoms with Gasteiger partial charge in [-0.05, 0) is 24.1 Å². The lowest BCUT2D eigenvalue weighted by atomic mass is 9.88. The molecule has 0 aromatic rings. The van der Waals surface area contributed by atoms with Crippen molar-refractivity contribution in [3.8, 4) is 0 Å². The standard InChI is InChI=1S/C12H13NO2/c1-13-7-5-9(6-8-13)12-10(14)3-2-4-11(12)15/h5-8H,2-4H2,1H3. The Balaban J connectivity index is 2.38. The van der Waals surface area contributed by atoms with Crippen molar-refractivity contribution >= 4 is 11.6 Å². The summed E-state index contributed by atoms with van der Waals surface area (Å²) >= 11 is 0. The summed E-state index contributed by atoms with van der Waals surface area (Å²) in [6.45, 7) is 0. The van der Waals surface area contributed by atoms with E-state index in [0.717, 1.165) is 5.57 Å². The molecule has 0 amide bonds. The first-order chi connectivity index (χ1) is 7.18. The van der Waals surface area contributed by atoms with Crippen molar-refractivity contribution in [1.29, 1.82) is 0 Å². The van der Waals surface area contributed by atoms with E-state index in [1.54, 1.807) is 0 Å². The molecule has 0 aromatic heterocycles. The number of carbonyl (C=O) groups is 2. The van der Waals surface area contributed by atoms with Gasteiger partial charge in [-0.15, -0.1) is 0 Å². The topological polar surface area (TPSA) is 37.4 Å². The van der Waals surface area contributed by atoms with E-state index < -0.39 is 0 Å². The lowest BCUT2D eigenvalue weighted by molar-refractivity contribution is -0.123. The van der Waals surface area contributed by atoms with Crippen LogP contribution >= 0.6 is 0 Å². The predicted octanol–water partition coefficient (Wildman–Crippen LogP) is 1.58. The van der Waals surface area contributed by atoms with Gasteiger partial charge in [0.05, 0.1) is 5.57 Å². The molecule has 0 aromatic carbocycles. The third kappa shape index (κ3) is 1.91. The molecule has 1 heterocycles. The van der Waals surface area contributed by atoms with Gasteiger partial charge < -0.3 is 4.90 Å². The molecule has 1 aliphatic carbocycles. The van der Waals surface area contributed by atoms with Gasteiger partial charge >= 0.3 is 0 Å². The molecule has 0 radical (unpaired) electrons. The van der Waals surface area contributed by atoms with E-state index in [0.29, 0.717) is 24.8 Å². The van der Waals surface area contributed by atoms with Crippen LogP contribution in [0.5, 0.6) is 0 Å². The van der Waals surface area contributed by atoms with E-state index in [1.807, 2.05) is 36.5 Å². The van der Waals surface area contributed by atoms with Gasteiger partial charge in [-0.3, -0.25) is 9.59 Å². The molecule has 2 rings (SSSR count). The maximum atomic E-state index is 11.6. The minimum absolute atomic E-state index is 0.0138. The Bertz CT molecular complexity index is 368. The molecule has 2 aliphatic rings. The number of nitrogens with zero attached hydrogens (tertiary/aromatic N) is 1. The Morgan fingerprint density at radius 2 is 1.60 bits per heavy atom. The third-order valence-electron chi connectivity index (χ3n) is 2.63. The van der Waals surface area contributed by atoms with Crippen LogP contribution in [-0.2, 0) is 9.59 Å². The van der Waals surface area contributed by atoms with Crippen molar-refractivity contribution in [2.45, 2.75) is 19.3 Å². The van der Waals surface area contributed by atoms with E-state index in [2.05, 4.69) is 0 Å². The molecule has 0 saturated heterocycles. The fraction of sp³-hybridized carbons (Fsp3) is 0.333. The highest BCUT2D eigenvalue weighted by Gasteiger charge is 2.25. The van der Waals surface area contributed by atoms with Crippen LogP contribution < -0.4 is 0 Å². The second-order valence-corrected chi connectivity index (χ2v) is 3.83. The fourth-order valence-corrected chi connectivity index (χ4v) is 1.80. The van der Waals surface area contributed by atoms with Crippen molar-refractivity contribution in [2.75, 3.05) is 7.05 Å². The first kappa shape index (κ1) is 9.90. The van der Waals surface area contributed by atoms with Crippen LogP contribution in [0.2, 0.25) is 0 Å². The SMILES string of the molecule is CN1C=CC(=C2C(=O)CCCC2=O)C=C1. The van der Waals surface area contributed by atoms with Gasteiger partial charge in [-0.1, -0.05) is 0 Å². The predicted molar refractivity (Wildman–Crippen MR) is 56.9 cm³/mol. The van der Waals surface area contributed by atoms with E-state index in [9.17, 15) is 9.59 Å². The zero-order chi connectivity index (χ0) is 10.8. The zero-order valence-electron chi connectivity index (χ0n) is 8.69. The summed E-state index contributed by atoms with van der Waals surface area (Å²) in [4.78, 5) is 25.1. The molecule has 3 nitrogen and oxygen atoms in total. The molecule has 1 saturated carbocycles. The molecular formula is C12H13NO2. The highest BCUT2D eigenvalue weighted by Crippen LogP contribution is 2.22. The van der Waals surface area contributed by atoms with E-state index in [1.165, 1.54) is 0 Å². The largest absolute Gasteiger partial charge is 0.357 e. The zero-order valence-corrected chi connectivity index (χ0v) is 8.69. The van der Waals surface area contributed by atoms with Gasteiger partial charge in [0.25, 0.3) is 0 Å². The minimum atomic E-state index is -0.0138. The number of Topliss-reactive ketones (excluding diaryl/α,β-unsaturated/α-hetero) is 2. The highest BCUT2D eigenvalue weighted by molar-refractivity contribution is 6.22. The van der Waals surface area contributed by atoms with Gasteiger partial charge in [-0.2, -0.15) is 0 Å².